The quantitative estimate of drug-likeness (QED) is 0.707. The first-order chi connectivity index (χ1) is 10.7. The van der Waals surface area contributed by atoms with Crippen LogP contribution in [0.2, 0.25) is 0 Å². The molecule has 0 spiro atoms. The molecule has 1 atom stereocenters. The second kappa shape index (κ2) is 6.31. The maximum Gasteiger partial charge on any atom is 0.258 e. The van der Waals surface area contributed by atoms with Gasteiger partial charge in [0.1, 0.15) is 11.6 Å². The summed E-state index contributed by atoms with van der Waals surface area (Å²) in [6, 6.07) is 7.33. The van der Waals surface area contributed by atoms with Gasteiger partial charge in [0, 0.05) is 6.42 Å². The van der Waals surface area contributed by atoms with Crippen molar-refractivity contribution in [3.63, 3.8) is 0 Å². The van der Waals surface area contributed by atoms with Crippen molar-refractivity contribution in [3.05, 3.63) is 46.3 Å². The fourth-order valence-electron chi connectivity index (χ4n) is 2.19. The maximum absolute atomic E-state index is 12.1. The summed E-state index contributed by atoms with van der Waals surface area (Å²) in [6.45, 7) is 4.08. The molecule has 0 amide bonds. The number of hydrogen-bond donors (Lipinski definition) is 2. The first kappa shape index (κ1) is 14.8. The molecule has 2 heterocycles. The van der Waals surface area contributed by atoms with E-state index in [9.17, 15) is 4.79 Å². The second-order valence-electron chi connectivity index (χ2n) is 5.04. The average molecular weight is 315 g/mol. The minimum atomic E-state index is -0.116. The molecule has 2 N–H and O–H groups in total. The number of fused-ring (bicyclic) bond motifs is 1. The smallest absolute Gasteiger partial charge is 0.258 e. The zero-order valence-corrected chi connectivity index (χ0v) is 13.3. The van der Waals surface area contributed by atoms with Crippen molar-refractivity contribution in [2.45, 2.75) is 37.1 Å². The van der Waals surface area contributed by atoms with Gasteiger partial charge in [0.25, 0.3) is 5.56 Å². The molecule has 7 heteroatoms. The molecule has 1 unspecified atom stereocenters. The molecule has 0 aliphatic carbocycles. The fraction of sp³-hybridized carbons (Fsp3) is 0.333. The summed E-state index contributed by atoms with van der Waals surface area (Å²) in [7, 11) is 0. The molecule has 3 rings (SSSR count). The van der Waals surface area contributed by atoms with Gasteiger partial charge < -0.3 is 4.98 Å². The summed E-state index contributed by atoms with van der Waals surface area (Å²) in [5, 5.41) is 8.36. The summed E-state index contributed by atoms with van der Waals surface area (Å²) < 4.78 is 0. The molecule has 2 aromatic heterocycles. The van der Waals surface area contributed by atoms with Gasteiger partial charge in [0.2, 0.25) is 5.16 Å². The Labute approximate surface area is 131 Å². The molecule has 114 valence electrons. The lowest BCUT2D eigenvalue weighted by molar-refractivity contribution is 0.840. The minimum Gasteiger partial charge on any atom is -0.309 e. The number of para-hydroxylation sites is 1. The highest BCUT2D eigenvalue weighted by atomic mass is 32.2. The monoisotopic (exact) mass is 315 g/mol. The number of rotatable bonds is 5. The Morgan fingerprint density at radius 1 is 1.27 bits per heavy atom. The standard InChI is InChI=1S/C15H17N5OS/c1-3-6-12-17-15(20-19-12)22-9(2)13-16-11-8-5-4-7-10(11)14(21)18-13/h4-5,7-9H,3,6H2,1-2H3,(H,16,18,21)(H,17,19,20). The van der Waals surface area contributed by atoms with E-state index in [2.05, 4.69) is 32.1 Å². The number of nitrogens with one attached hydrogen (secondary N) is 2. The normalized spacial score (nSPS) is 12.6. The van der Waals surface area contributed by atoms with Crippen LogP contribution in [0, 0.1) is 0 Å². The van der Waals surface area contributed by atoms with E-state index in [4.69, 9.17) is 0 Å². The third-order valence-electron chi connectivity index (χ3n) is 3.30. The SMILES string of the molecule is CCCc1nc(SC(C)c2nc3ccccc3c(=O)[nH]2)n[nH]1. The highest BCUT2D eigenvalue weighted by molar-refractivity contribution is 7.99. The lowest BCUT2D eigenvalue weighted by Gasteiger charge is -2.08. The molecule has 0 radical (unpaired) electrons. The Hall–Kier alpha value is -2.15. The van der Waals surface area contributed by atoms with Crippen LogP contribution in [0.4, 0.5) is 0 Å². The van der Waals surface area contributed by atoms with E-state index in [0.29, 0.717) is 21.9 Å². The Bertz CT molecular complexity index is 841. The van der Waals surface area contributed by atoms with E-state index in [1.54, 1.807) is 6.07 Å². The number of benzene rings is 1. The number of aryl methyl sites for hydroxylation is 1. The predicted octanol–water partition coefficient (Wildman–Crippen LogP) is 2.85. The topological polar surface area (TPSA) is 87.3 Å². The van der Waals surface area contributed by atoms with E-state index >= 15 is 0 Å². The van der Waals surface area contributed by atoms with Crippen LogP contribution < -0.4 is 5.56 Å². The third-order valence-corrected chi connectivity index (χ3v) is 4.27. The lowest BCUT2D eigenvalue weighted by Crippen LogP contribution is -2.12. The minimum absolute atomic E-state index is 0.0393. The largest absolute Gasteiger partial charge is 0.309 e. The van der Waals surface area contributed by atoms with Crippen molar-refractivity contribution in [1.82, 2.24) is 25.1 Å². The van der Waals surface area contributed by atoms with Crippen LogP contribution in [0.25, 0.3) is 10.9 Å². The van der Waals surface area contributed by atoms with Crippen LogP contribution in [0.3, 0.4) is 0 Å². The Balaban J connectivity index is 1.85. The van der Waals surface area contributed by atoms with Crippen molar-refractivity contribution in [1.29, 1.82) is 0 Å². The number of thioether (sulfide) groups is 1. The van der Waals surface area contributed by atoms with Crippen LogP contribution in [-0.2, 0) is 6.42 Å². The molecule has 0 saturated carbocycles. The van der Waals surface area contributed by atoms with Crippen LogP contribution in [0.1, 0.15) is 37.2 Å². The molecule has 6 nitrogen and oxygen atoms in total. The molecule has 0 aliphatic rings. The van der Waals surface area contributed by atoms with Crippen LogP contribution in [0.5, 0.6) is 0 Å². The van der Waals surface area contributed by atoms with Crippen LogP contribution >= 0.6 is 11.8 Å². The highest BCUT2D eigenvalue weighted by Crippen LogP contribution is 2.30. The van der Waals surface area contributed by atoms with Gasteiger partial charge in [0.05, 0.1) is 16.2 Å². The van der Waals surface area contributed by atoms with Gasteiger partial charge in [-0.25, -0.2) is 9.97 Å². The molecule has 3 aromatic rings. The van der Waals surface area contributed by atoms with Gasteiger partial charge in [-0.15, -0.1) is 5.10 Å². The molecule has 0 bridgehead atoms. The van der Waals surface area contributed by atoms with Crippen molar-refractivity contribution >= 4 is 22.7 Å². The summed E-state index contributed by atoms with van der Waals surface area (Å²) in [5.74, 6) is 1.52. The van der Waals surface area contributed by atoms with Crippen molar-refractivity contribution < 1.29 is 0 Å². The van der Waals surface area contributed by atoms with Gasteiger partial charge in [0.15, 0.2) is 0 Å². The second-order valence-corrected chi connectivity index (χ2v) is 6.35. The zero-order valence-electron chi connectivity index (χ0n) is 12.5. The molecule has 0 aliphatic heterocycles. The van der Waals surface area contributed by atoms with Gasteiger partial charge in [-0.05, 0) is 25.5 Å². The molecular weight excluding hydrogens is 298 g/mol. The highest BCUT2D eigenvalue weighted by Gasteiger charge is 2.15. The summed E-state index contributed by atoms with van der Waals surface area (Å²) in [6.07, 6.45) is 1.90. The summed E-state index contributed by atoms with van der Waals surface area (Å²) in [4.78, 5) is 23.9. The molecule has 0 saturated heterocycles. The van der Waals surface area contributed by atoms with Gasteiger partial charge in [-0.3, -0.25) is 9.89 Å². The number of aromatic nitrogens is 5. The first-order valence-corrected chi connectivity index (χ1v) is 8.12. The number of aromatic amines is 2. The van der Waals surface area contributed by atoms with E-state index in [-0.39, 0.29) is 10.8 Å². The lowest BCUT2D eigenvalue weighted by atomic mass is 10.2. The Morgan fingerprint density at radius 3 is 2.91 bits per heavy atom. The third kappa shape index (κ3) is 3.04. The van der Waals surface area contributed by atoms with E-state index < -0.39 is 0 Å². The maximum atomic E-state index is 12.1. The number of H-pyrrole nitrogens is 2. The molecule has 0 fully saturated rings. The van der Waals surface area contributed by atoms with Crippen LogP contribution in [0.15, 0.2) is 34.2 Å². The predicted molar refractivity (Wildman–Crippen MR) is 87.0 cm³/mol. The summed E-state index contributed by atoms with van der Waals surface area (Å²) in [5.41, 5.74) is 0.588. The average Bonchev–Trinajstić information content (AvgIpc) is 2.95. The fourth-order valence-corrected chi connectivity index (χ4v) is 2.99. The molecule has 1 aromatic carbocycles. The Morgan fingerprint density at radius 2 is 2.09 bits per heavy atom. The summed E-state index contributed by atoms with van der Waals surface area (Å²) >= 11 is 1.47. The van der Waals surface area contributed by atoms with Crippen molar-refractivity contribution in [3.8, 4) is 0 Å². The van der Waals surface area contributed by atoms with E-state index in [1.807, 2.05) is 25.1 Å². The number of hydrogen-bond acceptors (Lipinski definition) is 5. The van der Waals surface area contributed by atoms with Crippen LogP contribution in [-0.4, -0.2) is 25.1 Å². The van der Waals surface area contributed by atoms with Crippen molar-refractivity contribution in [2.24, 2.45) is 0 Å². The molecule has 22 heavy (non-hydrogen) atoms. The zero-order chi connectivity index (χ0) is 15.5. The first-order valence-electron chi connectivity index (χ1n) is 7.24. The molecular formula is C15H17N5OS. The van der Waals surface area contributed by atoms with Gasteiger partial charge >= 0.3 is 0 Å². The van der Waals surface area contributed by atoms with Crippen molar-refractivity contribution in [2.75, 3.05) is 0 Å². The Kier molecular flexibility index (Phi) is 4.24. The number of nitrogens with zero attached hydrogens (tertiary/aromatic N) is 3. The van der Waals surface area contributed by atoms with E-state index in [1.165, 1.54) is 11.8 Å². The van der Waals surface area contributed by atoms with E-state index in [0.717, 1.165) is 18.7 Å². The van der Waals surface area contributed by atoms with Gasteiger partial charge in [-0.2, -0.15) is 0 Å². The van der Waals surface area contributed by atoms with Gasteiger partial charge in [-0.1, -0.05) is 30.8 Å².